The molecule has 0 saturated carbocycles. The minimum absolute atomic E-state index is 0.132. The second-order valence-corrected chi connectivity index (χ2v) is 4.52. The first kappa shape index (κ1) is 13.1. The first-order chi connectivity index (χ1) is 10.2. The van der Waals surface area contributed by atoms with Crippen molar-refractivity contribution in [2.45, 2.75) is 6.92 Å². The van der Waals surface area contributed by atoms with Crippen molar-refractivity contribution in [1.29, 1.82) is 0 Å². The van der Waals surface area contributed by atoms with Gasteiger partial charge in [-0.15, -0.1) is 0 Å². The van der Waals surface area contributed by atoms with Crippen molar-refractivity contribution < 1.29 is 14.1 Å². The molecule has 0 aliphatic carbocycles. The molecule has 106 valence electrons. The summed E-state index contributed by atoms with van der Waals surface area (Å²) in [4.78, 5) is 16.0. The summed E-state index contributed by atoms with van der Waals surface area (Å²) in [6, 6.07) is 9.11. The van der Waals surface area contributed by atoms with E-state index >= 15 is 0 Å². The van der Waals surface area contributed by atoms with E-state index in [0.717, 1.165) is 16.5 Å². The number of hydrogen-bond donors (Lipinski definition) is 1. The number of benzene rings is 1. The summed E-state index contributed by atoms with van der Waals surface area (Å²) in [5.41, 5.74) is 0.722. The summed E-state index contributed by atoms with van der Waals surface area (Å²) in [6.45, 7) is 1.62. The van der Waals surface area contributed by atoms with E-state index in [1.165, 1.54) is 0 Å². The second-order valence-electron chi connectivity index (χ2n) is 4.52. The zero-order chi connectivity index (χ0) is 14.7. The van der Waals surface area contributed by atoms with Crippen LogP contribution < -0.4 is 10.1 Å². The third kappa shape index (κ3) is 3.00. The molecule has 6 heteroatoms. The van der Waals surface area contributed by atoms with Crippen molar-refractivity contribution in [2.24, 2.45) is 0 Å². The molecule has 0 saturated heterocycles. The largest absolute Gasteiger partial charge is 0.465 e. The van der Waals surface area contributed by atoms with E-state index < -0.39 is 0 Å². The zero-order valence-electron chi connectivity index (χ0n) is 11.4. The van der Waals surface area contributed by atoms with Crippen molar-refractivity contribution in [1.82, 2.24) is 10.1 Å². The fourth-order valence-corrected chi connectivity index (χ4v) is 1.97. The number of hydrogen-bond acceptors (Lipinski definition) is 5. The van der Waals surface area contributed by atoms with Crippen LogP contribution in [0.4, 0.5) is 5.69 Å². The molecular weight excluding hydrogens is 270 g/mol. The summed E-state index contributed by atoms with van der Waals surface area (Å²) < 4.78 is 10.1. The third-order valence-electron chi connectivity index (χ3n) is 2.91. The molecular formula is C15H13N3O3. The number of pyridine rings is 1. The lowest BCUT2D eigenvalue weighted by molar-refractivity contribution is -0.118. The molecule has 0 aliphatic rings. The van der Waals surface area contributed by atoms with Crippen LogP contribution in [0.25, 0.3) is 10.8 Å². The van der Waals surface area contributed by atoms with Crippen LogP contribution in [0.1, 0.15) is 5.76 Å². The highest BCUT2D eigenvalue weighted by Gasteiger charge is 2.08. The fraction of sp³-hybridized carbons (Fsp3) is 0.133. The standard InChI is InChI=1S/C15H13N3O3/c1-10-7-15(18-21-10)20-9-14(19)17-13-4-2-3-11-8-16-6-5-12(11)13/h2-8H,9H2,1H3,(H,17,19). The number of anilines is 1. The predicted molar refractivity (Wildman–Crippen MR) is 77.1 cm³/mol. The zero-order valence-corrected chi connectivity index (χ0v) is 11.4. The quantitative estimate of drug-likeness (QED) is 0.796. The van der Waals surface area contributed by atoms with Gasteiger partial charge in [-0.1, -0.05) is 12.1 Å². The molecule has 0 bridgehead atoms. The van der Waals surface area contributed by atoms with Gasteiger partial charge in [-0.3, -0.25) is 9.78 Å². The van der Waals surface area contributed by atoms with Gasteiger partial charge in [0.25, 0.3) is 11.8 Å². The molecule has 6 nitrogen and oxygen atoms in total. The normalized spacial score (nSPS) is 10.5. The second kappa shape index (κ2) is 5.62. The van der Waals surface area contributed by atoms with E-state index in [4.69, 9.17) is 9.26 Å². The summed E-state index contributed by atoms with van der Waals surface area (Å²) in [5, 5.41) is 8.36. The Balaban J connectivity index is 1.69. The van der Waals surface area contributed by atoms with Gasteiger partial charge in [0.2, 0.25) is 0 Å². The number of nitrogens with one attached hydrogen (secondary N) is 1. The lowest BCUT2D eigenvalue weighted by atomic mass is 10.1. The average Bonchev–Trinajstić information content (AvgIpc) is 2.91. The van der Waals surface area contributed by atoms with Gasteiger partial charge < -0.3 is 14.6 Å². The van der Waals surface area contributed by atoms with Crippen LogP contribution in [0, 0.1) is 6.92 Å². The number of nitrogens with zero attached hydrogens (tertiary/aromatic N) is 2. The Morgan fingerprint density at radius 1 is 1.38 bits per heavy atom. The summed E-state index contributed by atoms with van der Waals surface area (Å²) in [6.07, 6.45) is 3.44. The van der Waals surface area contributed by atoms with Crippen molar-refractivity contribution in [3.63, 3.8) is 0 Å². The van der Waals surface area contributed by atoms with E-state index in [2.05, 4.69) is 15.5 Å². The number of ether oxygens (including phenoxy) is 1. The molecule has 0 unspecified atom stereocenters. The summed E-state index contributed by atoms with van der Waals surface area (Å²) >= 11 is 0. The Hall–Kier alpha value is -2.89. The van der Waals surface area contributed by atoms with Crippen LogP contribution in [-0.4, -0.2) is 22.7 Å². The molecule has 1 N–H and O–H groups in total. The molecule has 2 heterocycles. The van der Waals surface area contributed by atoms with Crippen LogP contribution in [0.5, 0.6) is 5.88 Å². The van der Waals surface area contributed by atoms with E-state index in [1.54, 1.807) is 25.4 Å². The Kier molecular flexibility index (Phi) is 3.51. The number of rotatable bonds is 4. The number of amides is 1. The highest BCUT2D eigenvalue weighted by Crippen LogP contribution is 2.22. The summed E-state index contributed by atoms with van der Waals surface area (Å²) in [7, 11) is 0. The minimum atomic E-state index is -0.264. The molecule has 3 aromatic rings. The van der Waals surface area contributed by atoms with Gasteiger partial charge >= 0.3 is 0 Å². The lowest BCUT2D eigenvalue weighted by Crippen LogP contribution is -2.20. The highest BCUT2D eigenvalue weighted by atomic mass is 16.5. The van der Waals surface area contributed by atoms with Crippen LogP contribution in [0.15, 0.2) is 47.2 Å². The number of carbonyl (C=O) groups excluding carboxylic acids is 1. The Bertz CT molecular complexity index is 777. The molecule has 0 atom stereocenters. The number of carbonyl (C=O) groups is 1. The van der Waals surface area contributed by atoms with Gasteiger partial charge in [0.1, 0.15) is 5.76 Å². The highest BCUT2D eigenvalue weighted by molar-refractivity contribution is 6.02. The van der Waals surface area contributed by atoms with Crippen LogP contribution >= 0.6 is 0 Å². The maximum absolute atomic E-state index is 11.9. The SMILES string of the molecule is Cc1cc(OCC(=O)Nc2cccc3cnccc23)no1. The van der Waals surface area contributed by atoms with Gasteiger partial charge in [0.05, 0.1) is 0 Å². The first-order valence-electron chi connectivity index (χ1n) is 6.41. The van der Waals surface area contributed by atoms with E-state index in [1.807, 2.05) is 24.3 Å². The van der Waals surface area contributed by atoms with Crippen molar-refractivity contribution in [2.75, 3.05) is 11.9 Å². The van der Waals surface area contributed by atoms with Crippen LogP contribution in [-0.2, 0) is 4.79 Å². The fourth-order valence-electron chi connectivity index (χ4n) is 1.97. The molecule has 1 amide bonds. The number of aromatic nitrogens is 2. The summed E-state index contributed by atoms with van der Waals surface area (Å²) in [5.74, 6) is 0.664. The Morgan fingerprint density at radius 2 is 2.29 bits per heavy atom. The van der Waals surface area contributed by atoms with Gasteiger partial charge in [-0.2, -0.15) is 0 Å². The molecule has 0 radical (unpaired) electrons. The Labute approximate surface area is 120 Å². The van der Waals surface area contributed by atoms with E-state index in [0.29, 0.717) is 11.6 Å². The lowest BCUT2D eigenvalue weighted by Gasteiger charge is -2.08. The smallest absolute Gasteiger partial charge is 0.262 e. The van der Waals surface area contributed by atoms with Gasteiger partial charge in [-0.25, -0.2) is 0 Å². The molecule has 21 heavy (non-hydrogen) atoms. The maximum Gasteiger partial charge on any atom is 0.262 e. The predicted octanol–water partition coefficient (Wildman–Crippen LogP) is 2.55. The number of aryl methyl sites for hydroxylation is 1. The molecule has 1 aromatic carbocycles. The topological polar surface area (TPSA) is 77.2 Å². The van der Waals surface area contributed by atoms with Crippen molar-refractivity contribution in [3.05, 3.63) is 48.5 Å². The van der Waals surface area contributed by atoms with Crippen molar-refractivity contribution in [3.8, 4) is 5.88 Å². The average molecular weight is 283 g/mol. The molecule has 3 rings (SSSR count). The molecule has 0 spiro atoms. The van der Waals surface area contributed by atoms with Crippen LogP contribution in [0.3, 0.4) is 0 Å². The van der Waals surface area contributed by atoms with E-state index in [9.17, 15) is 4.79 Å². The van der Waals surface area contributed by atoms with Crippen molar-refractivity contribution >= 4 is 22.4 Å². The van der Waals surface area contributed by atoms with Crippen LogP contribution in [0.2, 0.25) is 0 Å². The number of fused-ring (bicyclic) bond motifs is 1. The molecule has 0 fully saturated rings. The molecule has 0 aliphatic heterocycles. The van der Waals surface area contributed by atoms with Gasteiger partial charge in [-0.05, 0) is 24.2 Å². The van der Waals surface area contributed by atoms with Gasteiger partial charge in [0, 0.05) is 34.9 Å². The third-order valence-corrected chi connectivity index (χ3v) is 2.91. The minimum Gasteiger partial charge on any atom is -0.465 e. The first-order valence-corrected chi connectivity index (χ1v) is 6.41. The monoisotopic (exact) mass is 283 g/mol. The Morgan fingerprint density at radius 3 is 3.10 bits per heavy atom. The van der Waals surface area contributed by atoms with Gasteiger partial charge in [0.15, 0.2) is 6.61 Å². The molecule has 2 aromatic heterocycles. The maximum atomic E-state index is 11.9. The van der Waals surface area contributed by atoms with E-state index in [-0.39, 0.29) is 12.5 Å².